The Morgan fingerprint density at radius 1 is 1.17 bits per heavy atom. The second kappa shape index (κ2) is 9.32. The molecular weight excluding hydrogens is 507 g/mol. The van der Waals surface area contributed by atoms with E-state index in [1.54, 1.807) is 48.0 Å². The van der Waals surface area contributed by atoms with Crippen LogP contribution in [0.2, 0.25) is 0 Å². The fraction of sp³-hybridized carbons (Fsp3) is 0.217. The molecule has 190 valence electrons. The van der Waals surface area contributed by atoms with Gasteiger partial charge in [0.05, 0.1) is 10.4 Å². The summed E-state index contributed by atoms with van der Waals surface area (Å²) in [5.41, 5.74) is 0.868. The van der Waals surface area contributed by atoms with Gasteiger partial charge in [0, 0.05) is 44.7 Å². The number of nitrogens with zero attached hydrogens (tertiary/aromatic N) is 5. The molecule has 0 bridgehead atoms. The number of rotatable bonds is 6. The van der Waals surface area contributed by atoms with E-state index < -0.39 is 21.9 Å². The van der Waals surface area contributed by atoms with Gasteiger partial charge in [0.2, 0.25) is 16.9 Å². The quantitative estimate of drug-likeness (QED) is 0.407. The topological polar surface area (TPSA) is 118 Å². The Balaban J connectivity index is 0.00000200. The minimum Gasteiger partial charge on any atom is -0.333 e. The lowest BCUT2D eigenvalue weighted by atomic mass is 10.2. The van der Waals surface area contributed by atoms with E-state index in [0.29, 0.717) is 16.6 Å². The van der Waals surface area contributed by atoms with Crippen LogP contribution in [0.3, 0.4) is 0 Å². The number of amides is 2. The van der Waals surface area contributed by atoms with E-state index in [1.165, 1.54) is 34.3 Å². The van der Waals surface area contributed by atoms with Gasteiger partial charge in [0.1, 0.15) is 24.7 Å². The van der Waals surface area contributed by atoms with Crippen molar-refractivity contribution < 1.29 is 25.3 Å². The summed E-state index contributed by atoms with van der Waals surface area (Å²) < 4.78 is 47.1. The molecule has 13 heteroatoms. The van der Waals surface area contributed by atoms with Crippen molar-refractivity contribution in [3.63, 3.8) is 0 Å². The van der Waals surface area contributed by atoms with Crippen LogP contribution >= 0.6 is 11.5 Å². The first kappa shape index (κ1) is 23.9. The number of aromatic nitrogens is 3. The maximum Gasteiger partial charge on any atom is 0.263 e. The molecule has 3 heterocycles. The third kappa shape index (κ3) is 4.42. The average molecular weight is 533 g/mol. The number of piperazine rings is 1. The van der Waals surface area contributed by atoms with Gasteiger partial charge in [-0.15, -0.1) is 0 Å². The van der Waals surface area contributed by atoms with Crippen LogP contribution in [0.25, 0.3) is 10.9 Å². The number of anilines is 2. The predicted molar refractivity (Wildman–Crippen MR) is 137 cm³/mol. The number of nitrogens with one attached hydrogen (secondary N) is 1. The van der Waals surface area contributed by atoms with Crippen LogP contribution in [0.4, 0.5) is 15.2 Å². The molecule has 36 heavy (non-hydrogen) atoms. The number of benzene rings is 2. The maximum atomic E-state index is 14.4. The van der Waals surface area contributed by atoms with Crippen LogP contribution in [0.5, 0.6) is 0 Å². The standard InChI is InChI=1S/C23H21FN6O4S2.2H2/c1-15(29-10-9-16-3-2-4-19(24)21(16)29)22(32)28-11-12-30(20(31)13-28)17-5-7-18(8-6-17)36(33,34)27-23-25-14-26-35-23;;/h2-10,14-15H,11-13H2,1H3,(H,25,26,27);2*1H/t15-;;/m1../s1. The first-order valence-electron chi connectivity index (χ1n) is 11.0. The highest BCUT2D eigenvalue weighted by Crippen LogP contribution is 2.26. The van der Waals surface area contributed by atoms with Crippen LogP contribution in [-0.2, 0) is 19.6 Å². The number of para-hydroxylation sites is 1. The van der Waals surface area contributed by atoms with E-state index in [0.717, 1.165) is 11.5 Å². The van der Waals surface area contributed by atoms with Crippen LogP contribution in [0.1, 0.15) is 15.8 Å². The first-order valence-corrected chi connectivity index (χ1v) is 13.2. The molecule has 10 nitrogen and oxygen atoms in total. The Kier molecular flexibility index (Phi) is 6.18. The van der Waals surface area contributed by atoms with E-state index in [-0.39, 0.29) is 44.3 Å². The fourth-order valence-corrected chi connectivity index (χ4v) is 5.87. The van der Waals surface area contributed by atoms with Crippen molar-refractivity contribution in [2.24, 2.45) is 0 Å². The molecule has 0 aliphatic carbocycles. The summed E-state index contributed by atoms with van der Waals surface area (Å²) in [7, 11) is -3.84. The van der Waals surface area contributed by atoms with Crippen molar-refractivity contribution in [2.45, 2.75) is 17.9 Å². The molecule has 0 saturated carbocycles. The lowest BCUT2D eigenvalue weighted by molar-refractivity contribution is -0.139. The molecule has 4 aromatic rings. The van der Waals surface area contributed by atoms with Gasteiger partial charge < -0.3 is 14.4 Å². The number of hydrogen-bond acceptors (Lipinski definition) is 7. The van der Waals surface area contributed by atoms with E-state index in [9.17, 15) is 22.4 Å². The fourth-order valence-electron chi connectivity index (χ4n) is 4.21. The molecule has 1 atom stereocenters. The molecule has 0 unspecified atom stereocenters. The van der Waals surface area contributed by atoms with Crippen LogP contribution < -0.4 is 9.62 Å². The number of carbonyl (C=O) groups is 2. The monoisotopic (exact) mass is 532 g/mol. The van der Waals surface area contributed by atoms with Gasteiger partial charge >= 0.3 is 0 Å². The molecule has 1 saturated heterocycles. The van der Waals surface area contributed by atoms with Crippen molar-refractivity contribution in [2.75, 3.05) is 29.3 Å². The Labute approximate surface area is 213 Å². The van der Waals surface area contributed by atoms with Gasteiger partial charge in [0.25, 0.3) is 10.0 Å². The summed E-state index contributed by atoms with van der Waals surface area (Å²) in [4.78, 5) is 32.8. The average Bonchev–Trinajstić information content (AvgIpc) is 3.53. The SMILES string of the molecule is C[C@H](C(=O)N1CCN(c2ccc(S(=O)(=O)Nc3ncns3)cc2)C(=O)C1)n1ccc2cccc(F)c21.[HH].[HH]. The molecule has 1 aliphatic heterocycles. The maximum absolute atomic E-state index is 14.4. The first-order chi connectivity index (χ1) is 17.2. The smallest absolute Gasteiger partial charge is 0.263 e. The van der Waals surface area contributed by atoms with Gasteiger partial charge in [-0.05, 0) is 43.3 Å². The molecule has 1 N–H and O–H groups in total. The van der Waals surface area contributed by atoms with Crippen LogP contribution in [0.15, 0.2) is 66.0 Å². The second-order valence-electron chi connectivity index (χ2n) is 8.23. The number of carbonyl (C=O) groups excluding carboxylic acids is 2. The van der Waals surface area contributed by atoms with Crippen molar-refractivity contribution >= 4 is 55.1 Å². The van der Waals surface area contributed by atoms with Gasteiger partial charge in [-0.25, -0.2) is 17.8 Å². The van der Waals surface area contributed by atoms with E-state index in [2.05, 4.69) is 14.1 Å². The van der Waals surface area contributed by atoms with Crippen LogP contribution in [0, 0.1) is 5.82 Å². The van der Waals surface area contributed by atoms with Gasteiger partial charge in [-0.2, -0.15) is 4.37 Å². The summed E-state index contributed by atoms with van der Waals surface area (Å²) in [5, 5.41) is 0.847. The van der Waals surface area contributed by atoms with Gasteiger partial charge in [-0.3, -0.25) is 14.3 Å². The molecule has 1 aliphatic rings. The summed E-state index contributed by atoms with van der Waals surface area (Å²) >= 11 is 0.919. The van der Waals surface area contributed by atoms with Gasteiger partial charge in [-0.1, -0.05) is 12.1 Å². The highest BCUT2D eigenvalue weighted by Gasteiger charge is 2.31. The second-order valence-corrected chi connectivity index (χ2v) is 10.7. The normalized spacial score (nSPS) is 15.3. The zero-order chi connectivity index (χ0) is 25.4. The number of hydrogen-bond donors (Lipinski definition) is 1. The Morgan fingerprint density at radius 2 is 1.94 bits per heavy atom. The van der Waals surface area contributed by atoms with Crippen molar-refractivity contribution in [1.82, 2.24) is 18.8 Å². The summed E-state index contributed by atoms with van der Waals surface area (Å²) in [6, 6.07) is 11.7. The minimum atomic E-state index is -3.84. The molecule has 5 rings (SSSR count). The third-order valence-electron chi connectivity index (χ3n) is 6.04. The molecule has 0 spiro atoms. The molecule has 0 radical (unpaired) electrons. The highest BCUT2D eigenvalue weighted by molar-refractivity contribution is 7.93. The Morgan fingerprint density at radius 3 is 2.64 bits per heavy atom. The largest absolute Gasteiger partial charge is 0.333 e. The summed E-state index contributed by atoms with van der Waals surface area (Å²) in [6.45, 7) is 2.08. The van der Waals surface area contributed by atoms with E-state index >= 15 is 0 Å². The number of fused-ring (bicyclic) bond motifs is 1. The van der Waals surface area contributed by atoms with Crippen molar-refractivity contribution in [3.8, 4) is 0 Å². The number of halogens is 1. The molecule has 2 aromatic carbocycles. The minimum absolute atomic E-state index is 0. The van der Waals surface area contributed by atoms with Crippen molar-refractivity contribution in [1.29, 1.82) is 0 Å². The molecule has 2 aromatic heterocycles. The van der Waals surface area contributed by atoms with E-state index in [1.807, 2.05) is 0 Å². The zero-order valence-electron chi connectivity index (χ0n) is 19.0. The highest BCUT2D eigenvalue weighted by atomic mass is 32.2. The number of sulfonamides is 1. The third-order valence-corrected chi connectivity index (χ3v) is 8.10. The van der Waals surface area contributed by atoms with Gasteiger partial charge in [0.15, 0.2) is 0 Å². The van der Waals surface area contributed by atoms with E-state index in [4.69, 9.17) is 0 Å². The van der Waals surface area contributed by atoms with Crippen LogP contribution in [-0.4, -0.2) is 58.7 Å². The lowest BCUT2D eigenvalue weighted by Gasteiger charge is -2.35. The summed E-state index contributed by atoms with van der Waals surface area (Å²) in [6.07, 6.45) is 2.92. The Hall–Kier alpha value is -3.84. The predicted octanol–water partition coefficient (Wildman–Crippen LogP) is 3.36. The molecule has 2 amide bonds. The Bertz CT molecular complexity index is 1550. The zero-order valence-corrected chi connectivity index (χ0v) is 20.7. The van der Waals surface area contributed by atoms with Crippen molar-refractivity contribution in [3.05, 3.63) is 66.9 Å². The summed E-state index contributed by atoms with van der Waals surface area (Å²) in [5.74, 6) is -0.997. The lowest BCUT2D eigenvalue weighted by Crippen LogP contribution is -2.53. The molecule has 1 fully saturated rings. The molecular formula is C23H25FN6O4S2.